The van der Waals surface area contributed by atoms with E-state index in [1.165, 1.54) is 24.3 Å². The standard InChI is InChI=1S/C30H24F4N2O2/c31-29(30(32,33)34,23-11-13-27-21(15-23)17-35(19-37-27)25-7-3-1-4-8-25)24-12-14-28-22(16-24)18-36(20-38-28)26-9-5-2-6-10-26/h1-16H,17-20H2. The highest BCUT2D eigenvalue weighted by Crippen LogP contribution is 2.49. The van der Waals surface area contributed by atoms with Crippen molar-refractivity contribution in [1.29, 1.82) is 0 Å². The average Bonchev–Trinajstić information content (AvgIpc) is 2.96. The van der Waals surface area contributed by atoms with Crippen LogP contribution in [0.3, 0.4) is 0 Å². The molecule has 0 spiro atoms. The van der Waals surface area contributed by atoms with Crippen LogP contribution in [0.2, 0.25) is 0 Å². The normalized spacial score (nSPS) is 15.3. The number of halogens is 4. The highest BCUT2D eigenvalue weighted by atomic mass is 19.4. The van der Waals surface area contributed by atoms with E-state index in [1.807, 2.05) is 70.5 Å². The molecule has 4 aromatic rings. The first-order valence-electron chi connectivity index (χ1n) is 12.2. The van der Waals surface area contributed by atoms with Crippen LogP contribution in [0, 0.1) is 0 Å². The molecule has 0 amide bonds. The molecule has 0 atom stereocenters. The summed E-state index contributed by atoms with van der Waals surface area (Å²) < 4.78 is 71.8. The van der Waals surface area contributed by atoms with Crippen molar-refractivity contribution in [3.63, 3.8) is 0 Å². The third-order valence-electron chi connectivity index (χ3n) is 7.02. The molecule has 194 valence electrons. The molecule has 0 bridgehead atoms. The Morgan fingerprint density at radius 2 is 0.974 bits per heavy atom. The molecule has 0 saturated heterocycles. The van der Waals surface area contributed by atoms with Crippen LogP contribution in [0.4, 0.5) is 28.9 Å². The predicted molar refractivity (Wildman–Crippen MR) is 137 cm³/mol. The largest absolute Gasteiger partial charge is 0.473 e. The van der Waals surface area contributed by atoms with Gasteiger partial charge in [-0.1, -0.05) is 48.5 Å². The zero-order valence-corrected chi connectivity index (χ0v) is 20.3. The van der Waals surface area contributed by atoms with E-state index in [2.05, 4.69) is 0 Å². The Morgan fingerprint density at radius 3 is 1.37 bits per heavy atom. The van der Waals surface area contributed by atoms with E-state index in [0.29, 0.717) is 35.7 Å². The minimum absolute atomic E-state index is 0.249. The molecule has 0 fully saturated rings. The molecule has 0 radical (unpaired) electrons. The summed E-state index contributed by atoms with van der Waals surface area (Å²) in [6.45, 7) is 1.09. The van der Waals surface area contributed by atoms with Crippen molar-refractivity contribution >= 4 is 11.4 Å². The summed E-state index contributed by atoms with van der Waals surface area (Å²) in [6, 6.07) is 26.5. The maximum atomic E-state index is 16.5. The fourth-order valence-electron chi connectivity index (χ4n) is 5.02. The molecule has 0 aliphatic carbocycles. The topological polar surface area (TPSA) is 24.9 Å². The van der Waals surface area contributed by atoms with Crippen molar-refractivity contribution in [3.05, 3.63) is 119 Å². The van der Waals surface area contributed by atoms with Crippen LogP contribution < -0.4 is 19.3 Å². The summed E-state index contributed by atoms with van der Waals surface area (Å²) in [5, 5.41) is 0. The molecule has 8 heteroatoms. The van der Waals surface area contributed by atoms with Crippen molar-refractivity contribution in [1.82, 2.24) is 0 Å². The van der Waals surface area contributed by atoms with Gasteiger partial charge in [-0.25, -0.2) is 4.39 Å². The Morgan fingerprint density at radius 1 is 0.553 bits per heavy atom. The monoisotopic (exact) mass is 520 g/mol. The number of hydrogen-bond acceptors (Lipinski definition) is 4. The van der Waals surface area contributed by atoms with E-state index >= 15 is 4.39 Å². The third kappa shape index (κ3) is 4.20. The number of para-hydroxylation sites is 2. The van der Waals surface area contributed by atoms with E-state index in [1.54, 1.807) is 0 Å². The second-order valence-electron chi connectivity index (χ2n) is 9.42. The lowest BCUT2D eigenvalue weighted by Gasteiger charge is -2.34. The van der Waals surface area contributed by atoms with Gasteiger partial charge in [-0.15, -0.1) is 0 Å². The Kier molecular flexibility index (Phi) is 5.90. The molecule has 0 N–H and O–H groups in total. The lowest BCUT2D eigenvalue weighted by molar-refractivity contribution is -0.219. The van der Waals surface area contributed by atoms with Gasteiger partial charge in [0, 0.05) is 46.7 Å². The van der Waals surface area contributed by atoms with Crippen molar-refractivity contribution in [3.8, 4) is 11.5 Å². The summed E-state index contributed by atoms with van der Waals surface area (Å²) in [5.74, 6) is 0.894. The first-order valence-corrected chi connectivity index (χ1v) is 12.2. The maximum absolute atomic E-state index is 16.5. The van der Waals surface area contributed by atoms with E-state index in [-0.39, 0.29) is 13.5 Å². The second kappa shape index (κ2) is 9.28. The molecule has 2 aliphatic rings. The number of ether oxygens (including phenoxy) is 2. The van der Waals surface area contributed by atoms with E-state index in [0.717, 1.165) is 23.5 Å². The van der Waals surface area contributed by atoms with Crippen LogP contribution >= 0.6 is 0 Å². The second-order valence-corrected chi connectivity index (χ2v) is 9.42. The molecule has 2 heterocycles. The number of anilines is 2. The van der Waals surface area contributed by atoms with E-state index in [4.69, 9.17) is 9.47 Å². The Bertz CT molecular complexity index is 1340. The Balaban J connectivity index is 1.36. The summed E-state index contributed by atoms with van der Waals surface area (Å²) in [7, 11) is 0. The van der Waals surface area contributed by atoms with Gasteiger partial charge in [-0.3, -0.25) is 0 Å². The molecule has 0 saturated carbocycles. The number of fused-ring (bicyclic) bond motifs is 2. The van der Waals surface area contributed by atoms with Gasteiger partial charge in [-0.05, 0) is 48.5 Å². The number of hydrogen-bond donors (Lipinski definition) is 0. The molecule has 38 heavy (non-hydrogen) atoms. The molecule has 4 nitrogen and oxygen atoms in total. The molecule has 4 aromatic carbocycles. The third-order valence-corrected chi connectivity index (χ3v) is 7.02. The van der Waals surface area contributed by atoms with Gasteiger partial charge in [0.25, 0.3) is 5.67 Å². The minimum atomic E-state index is -5.20. The lowest BCUT2D eigenvalue weighted by atomic mass is 9.85. The van der Waals surface area contributed by atoms with Gasteiger partial charge in [0.1, 0.15) is 11.5 Å². The lowest BCUT2D eigenvalue weighted by Crippen LogP contribution is -2.40. The highest BCUT2D eigenvalue weighted by molar-refractivity contribution is 5.54. The fraction of sp³-hybridized carbons (Fsp3) is 0.200. The zero-order valence-electron chi connectivity index (χ0n) is 20.3. The van der Waals surface area contributed by atoms with Gasteiger partial charge in [0.2, 0.25) is 0 Å². The van der Waals surface area contributed by atoms with E-state index < -0.39 is 23.0 Å². The molecule has 2 aliphatic heterocycles. The minimum Gasteiger partial charge on any atom is -0.473 e. The summed E-state index contributed by atoms with van der Waals surface area (Å²) in [6.07, 6.45) is -5.20. The van der Waals surface area contributed by atoms with Crippen LogP contribution in [0.5, 0.6) is 11.5 Å². The summed E-state index contributed by atoms with van der Waals surface area (Å²) in [5.41, 5.74) is -1.99. The van der Waals surface area contributed by atoms with Crippen molar-refractivity contribution in [2.24, 2.45) is 0 Å². The van der Waals surface area contributed by atoms with Gasteiger partial charge >= 0.3 is 6.18 Å². The molecule has 0 aromatic heterocycles. The molecular weight excluding hydrogens is 496 g/mol. The number of benzene rings is 4. The number of alkyl halides is 4. The van der Waals surface area contributed by atoms with Crippen molar-refractivity contribution in [2.75, 3.05) is 23.3 Å². The van der Waals surface area contributed by atoms with Gasteiger partial charge in [-0.2, -0.15) is 13.2 Å². The van der Waals surface area contributed by atoms with Crippen LogP contribution in [0.1, 0.15) is 22.3 Å². The van der Waals surface area contributed by atoms with Crippen LogP contribution in [-0.4, -0.2) is 19.6 Å². The van der Waals surface area contributed by atoms with Crippen LogP contribution in [-0.2, 0) is 18.8 Å². The van der Waals surface area contributed by atoms with Crippen LogP contribution in [0.25, 0.3) is 0 Å². The molecule has 6 rings (SSSR count). The molecule has 0 unspecified atom stereocenters. The SMILES string of the molecule is FC(F)(F)C(F)(c1ccc2c(c1)CN(c1ccccc1)CO2)c1ccc2c(c1)CN(c1ccccc1)CO2. The number of rotatable bonds is 4. The van der Waals surface area contributed by atoms with Gasteiger partial charge in [0.05, 0.1) is 0 Å². The first kappa shape index (κ1) is 24.2. The first-order chi connectivity index (χ1) is 18.3. The summed E-state index contributed by atoms with van der Waals surface area (Å²) in [4.78, 5) is 3.77. The average molecular weight is 521 g/mol. The quantitative estimate of drug-likeness (QED) is 0.266. The molecular formula is C30H24F4N2O2. The maximum Gasteiger partial charge on any atom is 0.431 e. The van der Waals surface area contributed by atoms with E-state index in [9.17, 15) is 13.2 Å². The van der Waals surface area contributed by atoms with Crippen molar-refractivity contribution in [2.45, 2.75) is 24.9 Å². The smallest absolute Gasteiger partial charge is 0.431 e. The highest BCUT2D eigenvalue weighted by Gasteiger charge is 2.59. The fourth-order valence-corrected chi connectivity index (χ4v) is 5.02. The zero-order chi connectivity index (χ0) is 26.3. The van der Waals surface area contributed by atoms with Gasteiger partial charge < -0.3 is 19.3 Å². The summed E-state index contributed by atoms with van der Waals surface area (Å²) >= 11 is 0. The Hall–Kier alpha value is -4.20. The van der Waals surface area contributed by atoms with Crippen LogP contribution in [0.15, 0.2) is 97.1 Å². The number of nitrogens with zero attached hydrogens (tertiary/aromatic N) is 2. The Labute approximate surface area is 217 Å². The predicted octanol–water partition coefficient (Wildman–Crippen LogP) is 7.18. The van der Waals surface area contributed by atoms with Gasteiger partial charge in [0.15, 0.2) is 13.5 Å². The van der Waals surface area contributed by atoms with Crippen molar-refractivity contribution < 1.29 is 27.0 Å².